The molecular formula is C16H20N2O5S. The van der Waals surface area contributed by atoms with Crippen LogP contribution in [0.15, 0.2) is 29.2 Å². The van der Waals surface area contributed by atoms with Crippen molar-refractivity contribution in [2.45, 2.75) is 36.6 Å². The Hall–Kier alpha value is -1.93. The second kappa shape index (κ2) is 6.90. The lowest BCUT2D eigenvalue weighted by molar-refractivity contribution is -0.124. The number of hydrogen-bond acceptors (Lipinski definition) is 5. The van der Waals surface area contributed by atoms with Crippen LogP contribution in [0, 0.1) is 0 Å². The predicted octanol–water partition coefficient (Wildman–Crippen LogP) is 0.906. The van der Waals surface area contributed by atoms with Crippen molar-refractivity contribution in [2.24, 2.45) is 0 Å². The Morgan fingerprint density at radius 1 is 1.12 bits per heavy atom. The van der Waals surface area contributed by atoms with E-state index in [2.05, 4.69) is 5.32 Å². The van der Waals surface area contributed by atoms with Crippen molar-refractivity contribution in [1.82, 2.24) is 9.62 Å². The summed E-state index contributed by atoms with van der Waals surface area (Å²) in [5.74, 6) is -0.967. The van der Waals surface area contributed by atoms with Gasteiger partial charge in [0.1, 0.15) is 0 Å². The van der Waals surface area contributed by atoms with Gasteiger partial charge in [0.05, 0.1) is 10.5 Å². The van der Waals surface area contributed by atoms with Gasteiger partial charge in [-0.3, -0.25) is 4.79 Å². The molecule has 1 saturated carbocycles. The number of rotatable bonds is 6. The first-order chi connectivity index (χ1) is 11.5. The second-order valence-electron chi connectivity index (χ2n) is 6.05. The number of ether oxygens (including phenoxy) is 1. The van der Waals surface area contributed by atoms with Gasteiger partial charge in [-0.25, -0.2) is 13.2 Å². The average molecular weight is 352 g/mol. The molecule has 3 rings (SSSR count). The highest BCUT2D eigenvalue weighted by atomic mass is 32.2. The number of sulfonamides is 1. The van der Waals surface area contributed by atoms with Crippen LogP contribution in [-0.4, -0.2) is 50.3 Å². The van der Waals surface area contributed by atoms with Gasteiger partial charge in [0.25, 0.3) is 5.91 Å². The Kier molecular flexibility index (Phi) is 4.86. The number of benzene rings is 1. The lowest BCUT2D eigenvalue weighted by Gasteiger charge is -2.15. The summed E-state index contributed by atoms with van der Waals surface area (Å²) in [5, 5.41) is 2.72. The molecule has 1 saturated heterocycles. The number of nitrogens with zero attached hydrogens (tertiary/aromatic N) is 1. The van der Waals surface area contributed by atoms with Crippen molar-refractivity contribution >= 4 is 21.9 Å². The molecule has 1 N–H and O–H groups in total. The zero-order chi connectivity index (χ0) is 17.2. The van der Waals surface area contributed by atoms with Crippen LogP contribution < -0.4 is 5.32 Å². The molecule has 2 fully saturated rings. The Morgan fingerprint density at radius 3 is 2.33 bits per heavy atom. The molecule has 1 heterocycles. The molecule has 1 amide bonds. The van der Waals surface area contributed by atoms with Crippen molar-refractivity contribution in [2.75, 3.05) is 19.7 Å². The van der Waals surface area contributed by atoms with E-state index < -0.39 is 16.0 Å². The van der Waals surface area contributed by atoms with Crippen molar-refractivity contribution in [3.8, 4) is 0 Å². The highest BCUT2D eigenvalue weighted by molar-refractivity contribution is 7.89. The number of carbonyl (C=O) groups excluding carboxylic acids is 2. The fourth-order valence-corrected chi connectivity index (χ4v) is 4.07. The summed E-state index contributed by atoms with van der Waals surface area (Å²) in [6, 6.07) is 5.82. The Balaban J connectivity index is 1.58. The normalized spacial score (nSPS) is 18.3. The molecule has 0 radical (unpaired) electrons. The topological polar surface area (TPSA) is 92.8 Å². The molecule has 8 heteroatoms. The Morgan fingerprint density at radius 2 is 1.75 bits per heavy atom. The maximum absolute atomic E-state index is 12.4. The van der Waals surface area contributed by atoms with Gasteiger partial charge in [0.2, 0.25) is 10.0 Å². The molecule has 0 spiro atoms. The van der Waals surface area contributed by atoms with E-state index in [4.69, 9.17) is 4.74 Å². The van der Waals surface area contributed by atoms with Gasteiger partial charge >= 0.3 is 5.97 Å². The third-order valence-corrected chi connectivity index (χ3v) is 5.98. The van der Waals surface area contributed by atoms with Crippen LogP contribution in [0.1, 0.15) is 36.0 Å². The van der Waals surface area contributed by atoms with E-state index in [0.717, 1.165) is 25.7 Å². The van der Waals surface area contributed by atoms with E-state index in [1.807, 2.05) is 0 Å². The minimum absolute atomic E-state index is 0.160. The first kappa shape index (κ1) is 16.9. The minimum atomic E-state index is -3.50. The van der Waals surface area contributed by atoms with Gasteiger partial charge in [-0.05, 0) is 49.9 Å². The molecule has 2 aliphatic rings. The summed E-state index contributed by atoms with van der Waals surface area (Å²) < 4.78 is 31.2. The molecule has 7 nitrogen and oxygen atoms in total. The standard InChI is InChI=1S/C16H20N2O5S/c19-15(17-13-5-6-13)11-23-16(20)12-3-7-14(8-4-12)24(21,22)18-9-1-2-10-18/h3-4,7-8,13H,1-2,5-6,9-11H2,(H,17,19). The first-order valence-corrected chi connectivity index (χ1v) is 9.47. The summed E-state index contributed by atoms with van der Waals surface area (Å²) in [7, 11) is -3.50. The zero-order valence-corrected chi connectivity index (χ0v) is 14.0. The van der Waals surface area contributed by atoms with E-state index in [1.54, 1.807) is 0 Å². The third-order valence-electron chi connectivity index (χ3n) is 4.07. The second-order valence-corrected chi connectivity index (χ2v) is 7.99. The van der Waals surface area contributed by atoms with Gasteiger partial charge in [-0.2, -0.15) is 4.31 Å². The highest BCUT2D eigenvalue weighted by Crippen LogP contribution is 2.21. The van der Waals surface area contributed by atoms with Crippen LogP contribution in [0.4, 0.5) is 0 Å². The summed E-state index contributed by atoms with van der Waals surface area (Å²) >= 11 is 0. The number of hydrogen-bond donors (Lipinski definition) is 1. The fourth-order valence-electron chi connectivity index (χ4n) is 2.55. The maximum atomic E-state index is 12.4. The number of esters is 1. The van der Waals surface area contributed by atoms with Crippen molar-refractivity contribution < 1.29 is 22.7 Å². The summed E-state index contributed by atoms with van der Waals surface area (Å²) in [5.41, 5.74) is 0.217. The zero-order valence-electron chi connectivity index (χ0n) is 13.2. The summed E-state index contributed by atoms with van der Waals surface area (Å²) in [6.45, 7) is 0.730. The van der Waals surface area contributed by atoms with Crippen LogP contribution in [0.2, 0.25) is 0 Å². The fraction of sp³-hybridized carbons (Fsp3) is 0.500. The number of nitrogens with one attached hydrogen (secondary N) is 1. The van der Waals surface area contributed by atoms with Crippen LogP contribution in [0.5, 0.6) is 0 Å². The third kappa shape index (κ3) is 3.93. The molecule has 0 aromatic heterocycles. The minimum Gasteiger partial charge on any atom is -0.452 e. The van der Waals surface area contributed by atoms with Crippen LogP contribution >= 0.6 is 0 Å². The SMILES string of the molecule is O=C(COC(=O)c1ccc(S(=O)(=O)N2CCCC2)cc1)NC1CC1. The average Bonchev–Trinajstić information content (AvgIpc) is 3.20. The number of carbonyl (C=O) groups is 2. The van der Waals surface area contributed by atoms with E-state index >= 15 is 0 Å². The van der Waals surface area contributed by atoms with E-state index in [0.29, 0.717) is 13.1 Å². The first-order valence-electron chi connectivity index (χ1n) is 8.03. The molecule has 24 heavy (non-hydrogen) atoms. The van der Waals surface area contributed by atoms with Gasteiger partial charge < -0.3 is 10.1 Å². The molecule has 1 aliphatic heterocycles. The quantitative estimate of drug-likeness (QED) is 0.768. The molecular weight excluding hydrogens is 332 g/mol. The molecule has 0 bridgehead atoms. The van der Waals surface area contributed by atoms with Gasteiger partial charge in [-0.15, -0.1) is 0 Å². The van der Waals surface area contributed by atoms with Crippen LogP contribution in [0.3, 0.4) is 0 Å². The van der Waals surface area contributed by atoms with Crippen molar-refractivity contribution in [1.29, 1.82) is 0 Å². The van der Waals surface area contributed by atoms with Crippen LogP contribution in [-0.2, 0) is 19.6 Å². The van der Waals surface area contributed by atoms with E-state index in [1.165, 1.54) is 28.6 Å². The van der Waals surface area contributed by atoms with Crippen molar-refractivity contribution in [3.63, 3.8) is 0 Å². The number of amides is 1. The molecule has 0 atom stereocenters. The van der Waals surface area contributed by atoms with Gasteiger partial charge in [0.15, 0.2) is 6.61 Å². The summed E-state index contributed by atoms with van der Waals surface area (Å²) in [6.07, 6.45) is 3.67. The van der Waals surface area contributed by atoms with Crippen molar-refractivity contribution in [3.05, 3.63) is 29.8 Å². The van der Waals surface area contributed by atoms with Gasteiger partial charge in [-0.1, -0.05) is 0 Å². The smallest absolute Gasteiger partial charge is 0.338 e. The lowest BCUT2D eigenvalue weighted by atomic mass is 10.2. The predicted molar refractivity (Wildman–Crippen MR) is 85.9 cm³/mol. The Labute approximate surface area is 141 Å². The van der Waals surface area contributed by atoms with E-state index in [9.17, 15) is 18.0 Å². The summed E-state index contributed by atoms with van der Waals surface area (Å²) in [4.78, 5) is 23.6. The van der Waals surface area contributed by atoms with Gasteiger partial charge in [0, 0.05) is 19.1 Å². The highest BCUT2D eigenvalue weighted by Gasteiger charge is 2.27. The Bertz CT molecular complexity index is 719. The largest absolute Gasteiger partial charge is 0.452 e. The molecule has 1 aromatic rings. The van der Waals surface area contributed by atoms with E-state index in [-0.39, 0.29) is 29.0 Å². The molecule has 1 aliphatic carbocycles. The van der Waals surface area contributed by atoms with Crippen LogP contribution in [0.25, 0.3) is 0 Å². The molecule has 1 aromatic carbocycles. The maximum Gasteiger partial charge on any atom is 0.338 e. The molecule has 130 valence electrons. The molecule has 0 unspecified atom stereocenters. The lowest BCUT2D eigenvalue weighted by Crippen LogP contribution is -2.30. The monoisotopic (exact) mass is 352 g/mol.